The van der Waals surface area contributed by atoms with Crippen molar-refractivity contribution >= 4 is 22.6 Å². The summed E-state index contributed by atoms with van der Waals surface area (Å²) in [4.78, 5) is 24.0. The summed E-state index contributed by atoms with van der Waals surface area (Å²) in [5.74, 6) is 1.69. The van der Waals surface area contributed by atoms with E-state index in [-0.39, 0.29) is 5.91 Å². The van der Waals surface area contributed by atoms with Gasteiger partial charge in [-0.25, -0.2) is 9.97 Å². The maximum atomic E-state index is 11.7. The minimum absolute atomic E-state index is 0.138. The summed E-state index contributed by atoms with van der Waals surface area (Å²) < 4.78 is 13.8. The third-order valence-corrected chi connectivity index (χ3v) is 7.77. The van der Waals surface area contributed by atoms with Crippen molar-refractivity contribution in [2.24, 2.45) is 0 Å². The third-order valence-electron chi connectivity index (χ3n) is 7.77. The van der Waals surface area contributed by atoms with Gasteiger partial charge in [0.25, 0.3) is 0 Å². The Morgan fingerprint density at radius 1 is 1.25 bits per heavy atom. The van der Waals surface area contributed by atoms with Crippen molar-refractivity contribution in [1.82, 2.24) is 19.4 Å². The van der Waals surface area contributed by atoms with E-state index >= 15 is 0 Å². The predicted molar refractivity (Wildman–Crippen MR) is 141 cm³/mol. The van der Waals surface area contributed by atoms with Crippen molar-refractivity contribution < 1.29 is 14.3 Å². The van der Waals surface area contributed by atoms with Crippen LogP contribution in [-0.4, -0.2) is 64.8 Å². The number of piperidine rings is 1. The van der Waals surface area contributed by atoms with Crippen LogP contribution in [0.4, 0.5) is 5.82 Å². The van der Waals surface area contributed by atoms with Crippen LogP contribution >= 0.6 is 0 Å². The molecule has 0 saturated carbocycles. The first-order chi connectivity index (χ1) is 17.3. The first kappa shape index (κ1) is 24.9. The number of methoxy groups -OCH3 is 1. The van der Waals surface area contributed by atoms with Gasteiger partial charge in [0.2, 0.25) is 5.91 Å². The number of hydrogen-bond donors (Lipinski definition) is 1. The lowest BCUT2D eigenvalue weighted by Crippen LogP contribution is -2.37. The molecule has 0 spiro atoms. The van der Waals surface area contributed by atoms with E-state index in [2.05, 4.69) is 58.9 Å². The summed E-state index contributed by atoms with van der Waals surface area (Å²) in [5, 5.41) is 3.95. The highest BCUT2D eigenvalue weighted by molar-refractivity contribution is 5.92. The third kappa shape index (κ3) is 4.65. The number of likely N-dealkylation sites (tertiary alicyclic amines) is 1. The number of rotatable bonds is 6. The van der Waals surface area contributed by atoms with E-state index in [4.69, 9.17) is 14.5 Å². The lowest BCUT2D eigenvalue weighted by Gasteiger charge is -2.34. The van der Waals surface area contributed by atoms with Gasteiger partial charge in [-0.1, -0.05) is 0 Å². The van der Waals surface area contributed by atoms with Crippen LogP contribution in [0.25, 0.3) is 16.7 Å². The van der Waals surface area contributed by atoms with Gasteiger partial charge in [0.15, 0.2) is 0 Å². The number of ether oxygens (including phenoxy) is 2. The van der Waals surface area contributed by atoms with Crippen LogP contribution in [-0.2, 0) is 19.9 Å². The topological polar surface area (TPSA) is 81.5 Å². The van der Waals surface area contributed by atoms with E-state index in [0.717, 1.165) is 60.3 Å². The second kappa shape index (κ2) is 9.92. The number of carbonyl (C=O) groups excluding carboxylic acids is 1. The molecule has 3 aromatic heterocycles. The van der Waals surface area contributed by atoms with Crippen molar-refractivity contribution in [3.05, 3.63) is 47.4 Å². The molecule has 8 nitrogen and oxygen atoms in total. The van der Waals surface area contributed by atoms with Gasteiger partial charge in [0.05, 0.1) is 17.8 Å². The Hall–Kier alpha value is -2.81. The minimum Gasteiger partial charge on any atom is -0.378 e. The first-order valence-corrected chi connectivity index (χ1v) is 12.9. The molecule has 2 fully saturated rings. The number of aromatic nitrogens is 3. The fourth-order valence-electron chi connectivity index (χ4n) is 5.65. The molecule has 192 valence electrons. The molecule has 36 heavy (non-hydrogen) atoms. The lowest BCUT2D eigenvalue weighted by molar-refractivity contribution is -0.114. The number of carbonyl (C=O) groups is 1. The average Bonchev–Trinajstić information content (AvgIpc) is 3.49. The van der Waals surface area contributed by atoms with Crippen LogP contribution < -0.4 is 5.32 Å². The number of anilines is 1. The van der Waals surface area contributed by atoms with E-state index in [9.17, 15) is 4.79 Å². The molecule has 1 amide bonds. The Balaban J connectivity index is 1.61. The smallest absolute Gasteiger partial charge is 0.222 e. The Labute approximate surface area is 213 Å². The van der Waals surface area contributed by atoms with E-state index < -0.39 is 5.60 Å². The number of nitrogens with zero attached hydrogens (tertiary/aromatic N) is 4. The zero-order chi connectivity index (χ0) is 25.4. The number of pyridine rings is 2. The van der Waals surface area contributed by atoms with Crippen molar-refractivity contribution in [1.29, 1.82) is 0 Å². The number of aryl methyl sites for hydroxylation is 1. The highest BCUT2D eigenvalue weighted by atomic mass is 16.5. The average molecular weight is 492 g/mol. The Bertz CT molecular complexity index is 1250. The van der Waals surface area contributed by atoms with Crippen molar-refractivity contribution in [2.45, 2.75) is 64.5 Å². The maximum absolute atomic E-state index is 11.7. The Kier molecular flexibility index (Phi) is 6.85. The summed E-state index contributed by atoms with van der Waals surface area (Å²) in [6, 6.07) is 6.72. The molecule has 2 saturated heterocycles. The van der Waals surface area contributed by atoms with Gasteiger partial charge in [-0.2, -0.15) is 0 Å². The number of fused-ring (bicyclic) bond motifs is 1. The minimum atomic E-state index is -0.529. The molecule has 3 aromatic rings. The van der Waals surface area contributed by atoms with E-state index in [0.29, 0.717) is 31.0 Å². The second-order valence-corrected chi connectivity index (χ2v) is 10.5. The molecule has 1 atom stereocenters. The zero-order valence-corrected chi connectivity index (χ0v) is 22.0. The van der Waals surface area contributed by atoms with Crippen LogP contribution in [0.3, 0.4) is 0 Å². The largest absolute Gasteiger partial charge is 0.378 e. The predicted octanol–water partition coefficient (Wildman–Crippen LogP) is 4.54. The van der Waals surface area contributed by atoms with E-state index in [1.807, 2.05) is 12.3 Å². The summed E-state index contributed by atoms with van der Waals surface area (Å²) in [6.45, 7) is 11.5. The monoisotopic (exact) mass is 491 g/mol. The summed E-state index contributed by atoms with van der Waals surface area (Å²) in [6.07, 6.45) is 7.14. The van der Waals surface area contributed by atoms with Gasteiger partial charge in [-0.15, -0.1) is 0 Å². The van der Waals surface area contributed by atoms with Gasteiger partial charge in [-0.3, -0.25) is 4.79 Å². The van der Waals surface area contributed by atoms with Gasteiger partial charge in [-0.05, 0) is 75.9 Å². The van der Waals surface area contributed by atoms with Crippen molar-refractivity contribution in [2.75, 3.05) is 38.7 Å². The number of nitrogens with one attached hydrogen (secondary N) is 1. The standard InChI is InChI=1S/C28H37N5O3/c1-18(2)32-9-6-21(7-10-32)23-16-33(24-14-26(30-20(4)34)29-15-22(23)24)27-13-19(3)12-25(31-27)28(35-5)8-11-36-17-28/h12-16,18,21H,6-11,17H2,1-5H3,(H,29,30,34)/t28-/m0/s1. The van der Waals surface area contributed by atoms with E-state index in [1.54, 1.807) is 7.11 Å². The molecule has 5 rings (SSSR count). The molecule has 2 aliphatic rings. The Morgan fingerprint density at radius 3 is 2.67 bits per heavy atom. The van der Waals surface area contributed by atoms with Crippen LogP contribution in [0.2, 0.25) is 0 Å². The normalized spacial score (nSPS) is 21.5. The molecular weight excluding hydrogens is 454 g/mol. The molecule has 0 radical (unpaired) electrons. The Morgan fingerprint density at radius 2 is 2.03 bits per heavy atom. The molecule has 0 aromatic carbocycles. The molecule has 0 aliphatic carbocycles. The quantitative estimate of drug-likeness (QED) is 0.545. The zero-order valence-electron chi connectivity index (χ0n) is 22.0. The molecule has 2 aliphatic heterocycles. The first-order valence-electron chi connectivity index (χ1n) is 12.9. The van der Waals surface area contributed by atoms with Gasteiger partial charge in [0.1, 0.15) is 17.2 Å². The van der Waals surface area contributed by atoms with Crippen molar-refractivity contribution in [3.63, 3.8) is 0 Å². The fraction of sp³-hybridized carbons (Fsp3) is 0.536. The molecule has 0 unspecified atom stereocenters. The van der Waals surface area contributed by atoms with Crippen LogP contribution in [0.1, 0.15) is 62.8 Å². The van der Waals surface area contributed by atoms with Crippen LogP contribution in [0.15, 0.2) is 30.6 Å². The molecular formula is C28H37N5O3. The molecule has 5 heterocycles. The lowest BCUT2D eigenvalue weighted by atomic mass is 9.89. The van der Waals surface area contributed by atoms with E-state index in [1.165, 1.54) is 12.5 Å². The SMILES string of the molecule is CO[C@@]1(c2cc(C)cc(-n3cc(C4CCN(C(C)C)CC4)c4cnc(NC(C)=O)cc43)n2)CCOC1. The number of amides is 1. The molecule has 8 heteroatoms. The molecule has 1 N–H and O–H groups in total. The highest BCUT2D eigenvalue weighted by Crippen LogP contribution is 2.38. The summed E-state index contributed by atoms with van der Waals surface area (Å²) >= 11 is 0. The van der Waals surface area contributed by atoms with Gasteiger partial charge in [0, 0.05) is 56.9 Å². The molecule has 0 bridgehead atoms. The highest BCUT2D eigenvalue weighted by Gasteiger charge is 2.39. The van der Waals surface area contributed by atoms with Gasteiger partial charge < -0.3 is 24.3 Å². The summed E-state index contributed by atoms with van der Waals surface area (Å²) in [7, 11) is 1.73. The summed E-state index contributed by atoms with van der Waals surface area (Å²) in [5.41, 5.74) is 3.77. The van der Waals surface area contributed by atoms with Crippen LogP contribution in [0.5, 0.6) is 0 Å². The van der Waals surface area contributed by atoms with Crippen molar-refractivity contribution in [3.8, 4) is 5.82 Å². The van der Waals surface area contributed by atoms with Gasteiger partial charge >= 0.3 is 0 Å². The number of hydrogen-bond acceptors (Lipinski definition) is 6. The second-order valence-electron chi connectivity index (χ2n) is 10.5. The maximum Gasteiger partial charge on any atom is 0.222 e. The van der Waals surface area contributed by atoms with Crippen LogP contribution in [0, 0.1) is 6.92 Å². The fourth-order valence-corrected chi connectivity index (χ4v) is 5.65.